The Bertz CT molecular complexity index is 2780. The molecule has 8 rings (SSSR count). The number of fused-ring (bicyclic) bond motifs is 2. The number of nitrogens with one attached hydrogen (secondary N) is 8. The number of nitrogens with two attached hydrogens (primary N) is 1. The zero-order valence-electron chi connectivity index (χ0n) is 44.9. The number of carbonyl (C=O) groups excluding carboxylic acids is 8. The molecular weight excluding hydrogens is 975 g/mol. The van der Waals surface area contributed by atoms with Crippen LogP contribution in [0.2, 0.25) is 0 Å². The summed E-state index contributed by atoms with van der Waals surface area (Å²) < 4.78 is 0. The SMILES string of the molecule is CC(=O)N[C@@H]1CCC[C@@H]1C(=O)N[C@H](CC(=O)N[C@@H]1CCC[C@@H]1C(=O)NC[C@H](CC(C)C)C(=O)N[C@@H]1CNC[C@@H]1C(=O)N[C@H](CC(=O)N[C@@H]1CCC[C@@H]1C(N)=O)Cc1cccc2ccccc12)Cc1ccc2ccccc2c1. The quantitative estimate of drug-likeness (QED) is 0.0511. The third-order valence-corrected chi connectivity index (χ3v) is 16.4. The predicted octanol–water partition coefficient (Wildman–Crippen LogP) is 4.37. The van der Waals surface area contributed by atoms with E-state index in [1.165, 1.54) is 6.92 Å². The molecular formula is C60H79N9O8. The lowest BCUT2D eigenvalue weighted by molar-refractivity contribution is -0.130. The second-order valence-electron chi connectivity index (χ2n) is 22.7. The summed E-state index contributed by atoms with van der Waals surface area (Å²) >= 11 is 0. The van der Waals surface area contributed by atoms with E-state index in [4.69, 9.17) is 5.73 Å². The number of benzene rings is 4. The van der Waals surface area contributed by atoms with Crippen LogP contribution in [0.4, 0.5) is 0 Å². The van der Waals surface area contributed by atoms with E-state index in [2.05, 4.69) is 48.6 Å². The molecule has 4 aliphatic rings. The first-order valence-electron chi connectivity index (χ1n) is 28.1. The van der Waals surface area contributed by atoms with Crippen LogP contribution in [0.5, 0.6) is 0 Å². The number of primary amides is 1. The van der Waals surface area contributed by atoms with Crippen molar-refractivity contribution in [2.24, 2.45) is 41.2 Å². The molecule has 1 heterocycles. The van der Waals surface area contributed by atoms with Crippen LogP contribution in [0.1, 0.15) is 109 Å². The summed E-state index contributed by atoms with van der Waals surface area (Å²) in [6.07, 6.45) is 7.33. The van der Waals surface area contributed by atoms with E-state index >= 15 is 0 Å². The Kier molecular flexibility index (Phi) is 19.3. The Labute approximate surface area is 451 Å². The van der Waals surface area contributed by atoms with Crippen molar-refractivity contribution in [1.29, 1.82) is 0 Å². The van der Waals surface area contributed by atoms with Gasteiger partial charge in [0.05, 0.1) is 35.6 Å². The van der Waals surface area contributed by atoms with Gasteiger partial charge in [-0.2, -0.15) is 0 Å². The van der Waals surface area contributed by atoms with Gasteiger partial charge < -0.3 is 48.3 Å². The highest BCUT2D eigenvalue weighted by Gasteiger charge is 2.40. The molecule has 0 unspecified atom stereocenters. The Morgan fingerprint density at radius 1 is 0.571 bits per heavy atom. The lowest BCUT2D eigenvalue weighted by Crippen LogP contribution is -2.52. The minimum Gasteiger partial charge on any atom is -0.369 e. The summed E-state index contributed by atoms with van der Waals surface area (Å²) in [6.45, 7) is 6.19. The van der Waals surface area contributed by atoms with E-state index in [0.717, 1.165) is 51.9 Å². The van der Waals surface area contributed by atoms with Gasteiger partial charge in [0.25, 0.3) is 0 Å². The first-order chi connectivity index (χ1) is 37.1. The van der Waals surface area contributed by atoms with E-state index in [1.807, 2.05) is 92.7 Å². The lowest BCUT2D eigenvalue weighted by atomic mass is 9.93. The minimum absolute atomic E-state index is 0.00792. The highest BCUT2D eigenvalue weighted by molar-refractivity contribution is 5.89. The van der Waals surface area contributed by atoms with Crippen molar-refractivity contribution in [2.45, 2.75) is 147 Å². The van der Waals surface area contributed by atoms with Crippen LogP contribution in [0.15, 0.2) is 84.9 Å². The van der Waals surface area contributed by atoms with Gasteiger partial charge in [0.15, 0.2) is 0 Å². The summed E-state index contributed by atoms with van der Waals surface area (Å²) in [5.41, 5.74) is 7.60. The predicted molar refractivity (Wildman–Crippen MR) is 295 cm³/mol. The fourth-order valence-electron chi connectivity index (χ4n) is 12.6. The van der Waals surface area contributed by atoms with E-state index in [-0.39, 0.29) is 78.7 Å². The second-order valence-corrected chi connectivity index (χ2v) is 22.7. The van der Waals surface area contributed by atoms with E-state index in [9.17, 15) is 38.4 Å². The third kappa shape index (κ3) is 15.2. The highest BCUT2D eigenvalue weighted by atomic mass is 16.2. The average molecular weight is 1050 g/mol. The fourth-order valence-corrected chi connectivity index (χ4v) is 12.6. The van der Waals surface area contributed by atoms with E-state index in [1.54, 1.807) is 0 Å². The summed E-state index contributed by atoms with van der Waals surface area (Å²) in [7, 11) is 0. The molecule has 17 nitrogen and oxygen atoms in total. The van der Waals surface area contributed by atoms with Crippen molar-refractivity contribution in [3.05, 3.63) is 96.1 Å². The largest absolute Gasteiger partial charge is 0.369 e. The molecule has 3 aliphatic carbocycles. The molecule has 4 aromatic rings. The van der Waals surface area contributed by atoms with Crippen LogP contribution in [-0.4, -0.2) is 103 Å². The van der Waals surface area contributed by atoms with Gasteiger partial charge >= 0.3 is 0 Å². The van der Waals surface area contributed by atoms with Crippen molar-refractivity contribution in [2.75, 3.05) is 19.6 Å². The van der Waals surface area contributed by atoms with Crippen LogP contribution >= 0.6 is 0 Å². The number of rotatable bonds is 23. The van der Waals surface area contributed by atoms with Crippen molar-refractivity contribution >= 4 is 68.8 Å². The fraction of sp³-hybridized carbons (Fsp3) is 0.533. The van der Waals surface area contributed by atoms with Crippen molar-refractivity contribution < 1.29 is 38.4 Å². The summed E-state index contributed by atoms with van der Waals surface area (Å²) in [6, 6.07) is 25.3. The molecule has 1 saturated heterocycles. The molecule has 0 aromatic heterocycles. The Balaban J connectivity index is 0.878. The smallest absolute Gasteiger partial charge is 0.226 e. The molecule has 11 atom stereocenters. The molecule has 1 aliphatic heterocycles. The Morgan fingerprint density at radius 2 is 1.14 bits per heavy atom. The monoisotopic (exact) mass is 1050 g/mol. The number of hydrogen-bond donors (Lipinski definition) is 9. The molecule has 4 fully saturated rings. The normalized spacial score (nSPS) is 24.2. The van der Waals surface area contributed by atoms with Crippen LogP contribution < -0.4 is 48.3 Å². The highest BCUT2D eigenvalue weighted by Crippen LogP contribution is 2.30. The minimum atomic E-state index is -0.646. The zero-order chi connectivity index (χ0) is 54.6. The van der Waals surface area contributed by atoms with Gasteiger partial charge in [-0.15, -0.1) is 0 Å². The maximum absolute atomic E-state index is 14.3. The standard InChI is InChI=1S/C60H79N9O8/c1-35(2)26-42(57(74)69-53-34-62-33-49(53)60(77)66-44(29-41-16-8-15-39-13-6-7-17-45(39)41)31-55(72)67-50-21-9-18-46(50)56(61)73)32-63-58(75)47-19-10-23-52(47)68-54(71)30-43(28-37-24-25-38-12-4-5-14-40(38)27-37)65-59(76)48-20-11-22-51(48)64-36(3)70/h4-8,12-17,24-25,27,35,42-44,46-53,62H,9-11,18-23,26,28-34H2,1-3H3,(H2,61,73)(H,63,75)(H,64,70)(H,65,76)(H,66,77)(H,67,72)(H,68,71)(H,69,74)/t42-,43-,44-,46-,47-,48-,49-,50+,51+,52+,53+/m0/s1. The van der Waals surface area contributed by atoms with Gasteiger partial charge in [-0.1, -0.05) is 118 Å². The molecule has 3 saturated carbocycles. The average Bonchev–Trinajstić information content (AvgIpc) is 4.24. The van der Waals surface area contributed by atoms with Gasteiger partial charge in [0.1, 0.15) is 0 Å². The molecule has 0 radical (unpaired) electrons. The van der Waals surface area contributed by atoms with Gasteiger partial charge in [-0.05, 0) is 96.4 Å². The molecule has 4 aromatic carbocycles. The van der Waals surface area contributed by atoms with Crippen molar-refractivity contribution in [3.63, 3.8) is 0 Å². The van der Waals surface area contributed by atoms with Crippen LogP contribution in [0.25, 0.3) is 21.5 Å². The van der Waals surface area contributed by atoms with Gasteiger partial charge in [0.2, 0.25) is 47.3 Å². The van der Waals surface area contributed by atoms with E-state index < -0.39 is 59.7 Å². The zero-order valence-corrected chi connectivity index (χ0v) is 44.9. The van der Waals surface area contributed by atoms with Gasteiger partial charge in [0, 0.05) is 69.6 Å². The lowest BCUT2D eigenvalue weighted by Gasteiger charge is -2.27. The van der Waals surface area contributed by atoms with Crippen molar-refractivity contribution in [1.82, 2.24) is 42.5 Å². The first kappa shape index (κ1) is 56.3. The maximum atomic E-state index is 14.3. The number of amides is 8. The molecule has 412 valence electrons. The van der Waals surface area contributed by atoms with Gasteiger partial charge in [-0.25, -0.2) is 0 Å². The van der Waals surface area contributed by atoms with Crippen LogP contribution in [0, 0.1) is 35.5 Å². The molecule has 10 N–H and O–H groups in total. The summed E-state index contributed by atoms with van der Waals surface area (Å²) in [5, 5.41) is 29.1. The Hall–Kier alpha value is -6.88. The van der Waals surface area contributed by atoms with Crippen molar-refractivity contribution in [3.8, 4) is 0 Å². The summed E-state index contributed by atoms with van der Waals surface area (Å²) in [4.78, 5) is 108. The molecule has 77 heavy (non-hydrogen) atoms. The maximum Gasteiger partial charge on any atom is 0.226 e. The molecule has 0 spiro atoms. The molecule has 0 bridgehead atoms. The topological polar surface area (TPSA) is 259 Å². The number of carbonyl (C=O) groups is 8. The van der Waals surface area contributed by atoms with Gasteiger partial charge in [-0.3, -0.25) is 38.4 Å². The Morgan fingerprint density at radius 3 is 1.81 bits per heavy atom. The molecule has 8 amide bonds. The van der Waals surface area contributed by atoms with Crippen LogP contribution in [-0.2, 0) is 51.2 Å². The third-order valence-electron chi connectivity index (χ3n) is 16.4. The second kappa shape index (κ2) is 26.4. The summed E-state index contributed by atoms with van der Waals surface area (Å²) in [5.74, 6) is -4.72. The first-order valence-corrected chi connectivity index (χ1v) is 28.1. The van der Waals surface area contributed by atoms with Crippen LogP contribution in [0.3, 0.4) is 0 Å². The number of hydrogen-bond acceptors (Lipinski definition) is 9. The molecule has 17 heteroatoms. The van der Waals surface area contributed by atoms with E-state index in [0.29, 0.717) is 70.9 Å².